The zero-order valence-electron chi connectivity index (χ0n) is 12.2. The van der Waals surface area contributed by atoms with Gasteiger partial charge in [0.15, 0.2) is 8.03 Å². The van der Waals surface area contributed by atoms with Gasteiger partial charge in [-0.2, -0.15) is 0 Å². The third-order valence-electron chi connectivity index (χ3n) is 3.08. The van der Waals surface area contributed by atoms with Crippen molar-refractivity contribution in [3.8, 4) is 11.1 Å². The van der Waals surface area contributed by atoms with Gasteiger partial charge in [0.25, 0.3) is 0 Å². The SMILES string of the molecule is O=[PH](O)Cc1ccccc1.c1ccc(-c2ccccc2)cc1. The number of hydrogen-bond acceptors (Lipinski definition) is 1. The lowest BCUT2D eigenvalue weighted by molar-refractivity contribution is 0.502. The van der Waals surface area contributed by atoms with E-state index in [0.717, 1.165) is 5.56 Å². The van der Waals surface area contributed by atoms with Crippen LogP contribution in [0.4, 0.5) is 0 Å². The van der Waals surface area contributed by atoms with Gasteiger partial charge in [-0.25, -0.2) is 0 Å². The van der Waals surface area contributed by atoms with Gasteiger partial charge < -0.3 is 4.89 Å². The summed E-state index contributed by atoms with van der Waals surface area (Å²) < 4.78 is 10.4. The topological polar surface area (TPSA) is 37.3 Å². The maximum atomic E-state index is 10.4. The molecule has 1 N–H and O–H groups in total. The van der Waals surface area contributed by atoms with Crippen molar-refractivity contribution in [3.63, 3.8) is 0 Å². The fourth-order valence-corrected chi connectivity index (χ4v) is 2.62. The number of benzene rings is 3. The molecule has 0 heterocycles. The first-order valence-corrected chi connectivity index (χ1v) is 8.68. The fourth-order valence-electron chi connectivity index (χ4n) is 2.03. The van der Waals surface area contributed by atoms with Gasteiger partial charge in [0.1, 0.15) is 0 Å². The predicted octanol–water partition coefficient (Wildman–Crippen LogP) is 5.01. The highest BCUT2D eigenvalue weighted by Gasteiger charge is 1.93. The minimum atomic E-state index is -2.34. The Balaban J connectivity index is 0.000000164. The van der Waals surface area contributed by atoms with Crippen molar-refractivity contribution < 1.29 is 9.46 Å². The van der Waals surface area contributed by atoms with Crippen molar-refractivity contribution in [2.75, 3.05) is 0 Å². The molecule has 1 atom stereocenters. The summed E-state index contributed by atoms with van der Waals surface area (Å²) in [5, 5.41) is 0. The van der Waals surface area contributed by atoms with Crippen LogP contribution in [-0.2, 0) is 10.7 Å². The molecule has 3 aromatic carbocycles. The van der Waals surface area contributed by atoms with Gasteiger partial charge in [0.2, 0.25) is 0 Å². The Morgan fingerprint density at radius 1 is 0.636 bits per heavy atom. The molecule has 0 fully saturated rings. The minimum absolute atomic E-state index is 0.297. The molecule has 0 aliphatic carbocycles. The van der Waals surface area contributed by atoms with E-state index in [1.807, 2.05) is 42.5 Å². The van der Waals surface area contributed by atoms with E-state index in [1.54, 1.807) is 0 Å². The highest BCUT2D eigenvalue weighted by Crippen LogP contribution is 2.20. The average Bonchev–Trinajstić information content (AvgIpc) is 2.57. The summed E-state index contributed by atoms with van der Waals surface area (Å²) in [6, 6.07) is 30.1. The quantitative estimate of drug-likeness (QED) is 0.691. The largest absolute Gasteiger partial charge is 0.346 e. The second-order valence-electron chi connectivity index (χ2n) is 4.79. The van der Waals surface area contributed by atoms with E-state index >= 15 is 0 Å². The average molecular weight is 310 g/mol. The molecular weight excluding hydrogens is 291 g/mol. The Morgan fingerprint density at radius 2 is 1.00 bits per heavy atom. The zero-order chi connectivity index (χ0) is 15.6. The molecular formula is C19H19O2P. The van der Waals surface area contributed by atoms with Crippen LogP contribution in [0.3, 0.4) is 0 Å². The van der Waals surface area contributed by atoms with Crippen LogP contribution in [0.5, 0.6) is 0 Å². The van der Waals surface area contributed by atoms with Gasteiger partial charge in [-0.05, 0) is 16.7 Å². The number of hydrogen-bond donors (Lipinski definition) is 1. The van der Waals surface area contributed by atoms with E-state index in [1.165, 1.54) is 11.1 Å². The molecule has 2 nitrogen and oxygen atoms in total. The summed E-state index contributed by atoms with van der Waals surface area (Å²) >= 11 is 0. The first kappa shape index (κ1) is 16.2. The first-order valence-electron chi connectivity index (χ1n) is 7.12. The molecule has 0 saturated heterocycles. The van der Waals surface area contributed by atoms with Crippen molar-refractivity contribution >= 4 is 8.03 Å². The summed E-state index contributed by atoms with van der Waals surface area (Å²) in [7, 11) is -2.34. The van der Waals surface area contributed by atoms with Gasteiger partial charge in [-0.1, -0.05) is 91.0 Å². The van der Waals surface area contributed by atoms with Crippen LogP contribution >= 0.6 is 8.03 Å². The highest BCUT2D eigenvalue weighted by molar-refractivity contribution is 7.37. The van der Waals surface area contributed by atoms with Gasteiger partial charge in [-0.3, -0.25) is 4.57 Å². The van der Waals surface area contributed by atoms with Crippen LogP contribution in [0, 0.1) is 0 Å². The van der Waals surface area contributed by atoms with Crippen molar-refractivity contribution in [1.82, 2.24) is 0 Å². The van der Waals surface area contributed by atoms with Gasteiger partial charge >= 0.3 is 0 Å². The molecule has 3 aromatic rings. The fraction of sp³-hybridized carbons (Fsp3) is 0.0526. The molecule has 3 rings (SSSR count). The van der Waals surface area contributed by atoms with E-state index in [0.29, 0.717) is 6.16 Å². The maximum Gasteiger partial charge on any atom is 0.193 e. The normalized spacial score (nSPS) is 11.1. The van der Waals surface area contributed by atoms with Crippen molar-refractivity contribution in [1.29, 1.82) is 0 Å². The molecule has 1 unspecified atom stereocenters. The molecule has 0 aliphatic heterocycles. The van der Waals surface area contributed by atoms with E-state index in [-0.39, 0.29) is 0 Å². The Labute approximate surface area is 132 Å². The molecule has 0 spiro atoms. The smallest absolute Gasteiger partial charge is 0.193 e. The van der Waals surface area contributed by atoms with Crippen LogP contribution in [0.25, 0.3) is 11.1 Å². The zero-order valence-corrected chi connectivity index (χ0v) is 13.2. The van der Waals surface area contributed by atoms with Crippen LogP contribution < -0.4 is 0 Å². The lowest BCUT2D eigenvalue weighted by Crippen LogP contribution is -1.75. The molecule has 112 valence electrons. The van der Waals surface area contributed by atoms with Crippen LogP contribution in [-0.4, -0.2) is 4.89 Å². The lowest BCUT2D eigenvalue weighted by Gasteiger charge is -1.98. The molecule has 0 radical (unpaired) electrons. The predicted molar refractivity (Wildman–Crippen MR) is 93.2 cm³/mol. The highest BCUT2D eigenvalue weighted by atomic mass is 31.1. The summed E-state index contributed by atoms with van der Waals surface area (Å²) in [5.74, 6) is 0. The molecule has 3 heteroatoms. The Hall–Kier alpha value is -2.15. The third kappa shape index (κ3) is 5.69. The van der Waals surface area contributed by atoms with E-state index in [4.69, 9.17) is 4.89 Å². The molecule has 0 amide bonds. The molecule has 22 heavy (non-hydrogen) atoms. The van der Waals surface area contributed by atoms with Crippen molar-refractivity contribution in [2.45, 2.75) is 6.16 Å². The molecule has 0 bridgehead atoms. The molecule has 0 aromatic heterocycles. The second kappa shape index (κ2) is 8.99. The Bertz CT molecular complexity index is 645. The van der Waals surface area contributed by atoms with E-state index in [9.17, 15) is 4.57 Å². The summed E-state index contributed by atoms with van der Waals surface area (Å²) in [6.07, 6.45) is 0.297. The van der Waals surface area contributed by atoms with Crippen LogP contribution in [0.15, 0.2) is 91.0 Å². The first-order chi connectivity index (χ1) is 10.8. The van der Waals surface area contributed by atoms with Crippen LogP contribution in [0.2, 0.25) is 0 Å². The monoisotopic (exact) mass is 310 g/mol. The van der Waals surface area contributed by atoms with Gasteiger partial charge in [0.05, 0.1) is 0 Å². The summed E-state index contributed by atoms with van der Waals surface area (Å²) in [6.45, 7) is 0. The summed E-state index contributed by atoms with van der Waals surface area (Å²) in [4.78, 5) is 8.55. The van der Waals surface area contributed by atoms with Gasteiger partial charge in [-0.15, -0.1) is 0 Å². The molecule has 0 saturated carbocycles. The lowest BCUT2D eigenvalue weighted by atomic mass is 10.1. The third-order valence-corrected chi connectivity index (χ3v) is 3.79. The van der Waals surface area contributed by atoms with Crippen molar-refractivity contribution in [3.05, 3.63) is 96.6 Å². The Morgan fingerprint density at radius 3 is 1.36 bits per heavy atom. The van der Waals surface area contributed by atoms with Gasteiger partial charge in [0, 0.05) is 6.16 Å². The second-order valence-corrected chi connectivity index (χ2v) is 5.93. The van der Waals surface area contributed by atoms with Crippen molar-refractivity contribution in [2.24, 2.45) is 0 Å². The summed E-state index contributed by atoms with van der Waals surface area (Å²) in [5.41, 5.74) is 3.48. The minimum Gasteiger partial charge on any atom is -0.346 e. The van der Waals surface area contributed by atoms with E-state index in [2.05, 4.69) is 48.5 Å². The molecule has 0 aliphatic rings. The number of rotatable bonds is 3. The maximum absolute atomic E-state index is 10.4. The Kier molecular flexibility index (Phi) is 6.63. The van der Waals surface area contributed by atoms with Crippen LogP contribution in [0.1, 0.15) is 5.56 Å². The standard InChI is InChI=1S/C12H10.C7H9O2P/c1-3-7-11(8-4-1)12-9-5-2-6-10-12;8-10(9)6-7-4-2-1-3-5-7/h1-10H;1-5,10H,6H2,(H,8,9). The van der Waals surface area contributed by atoms with E-state index < -0.39 is 8.03 Å².